The monoisotopic (exact) mass is 332 g/mol. The minimum atomic E-state index is -0.309. The molecule has 0 spiro atoms. The summed E-state index contributed by atoms with van der Waals surface area (Å²) in [6, 6.07) is 7.76. The highest BCUT2D eigenvalue weighted by Gasteiger charge is 2.13. The SMILES string of the molecule is COc1cc(OC)c2c(=O)n(-c3ccc(O)c(Cl)c3)cnc2c1. The van der Waals surface area contributed by atoms with Crippen LogP contribution in [0.3, 0.4) is 0 Å². The zero-order chi connectivity index (χ0) is 16.6. The molecule has 1 aromatic heterocycles. The highest BCUT2D eigenvalue weighted by Crippen LogP contribution is 2.29. The Balaban J connectivity index is 2.30. The van der Waals surface area contributed by atoms with Crippen LogP contribution in [0, 0.1) is 0 Å². The highest BCUT2D eigenvalue weighted by molar-refractivity contribution is 6.32. The molecule has 2 aromatic carbocycles. The molecule has 0 radical (unpaired) electrons. The quantitative estimate of drug-likeness (QED) is 0.798. The van der Waals surface area contributed by atoms with Gasteiger partial charge in [-0.2, -0.15) is 0 Å². The van der Waals surface area contributed by atoms with E-state index in [1.54, 1.807) is 18.2 Å². The number of aromatic hydroxyl groups is 1. The van der Waals surface area contributed by atoms with Crippen molar-refractivity contribution in [2.45, 2.75) is 0 Å². The van der Waals surface area contributed by atoms with Crippen molar-refractivity contribution in [1.82, 2.24) is 9.55 Å². The number of fused-ring (bicyclic) bond motifs is 1. The zero-order valence-corrected chi connectivity index (χ0v) is 13.2. The van der Waals surface area contributed by atoms with Crippen molar-refractivity contribution in [3.63, 3.8) is 0 Å². The molecule has 0 aliphatic carbocycles. The van der Waals surface area contributed by atoms with Crippen molar-refractivity contribution in [3.8, 4) is 22.9 Å². The lowest BCUT2D eigenvalue weighted by atomic mass is 10.2. The molecule has 7 heteroatoms. The normalized spacial score (nSPS) is 10.7. The van der Waals surface area contributed by atoms with Crippen LogP contribution in [0.25, 0.3) is 16.6 Å². The molecule has 0 aliphatic rings. The number of phenolic OH excluding ortho intramolecular Hbond substituents is 1. The lowest BCUT2D eigenvalue weighted by Gasteiger charge is -2.11. The van der Waals surface area contributed by atoms with Crippen molar-refractivity contribution in [2.24, 2.45) is 0 Å². The smallest absolute Gasteiger partial charge is 0.269 e. The summed E-state index contributed by atoms with van der Waals surface area (Å²) in [5.74, 6) is 0.863. The molecule has 1 heterocycles. The predicted octanol–water partition coefficient (Wildman–Crippen LogP) is 2.76. The number of hydrogen-bond acceptors (Lipinski definition) is 5. The Hall–Kier alpha value is -2.73. The van der Waals surface area contributed by atoms with Gasteiger partial charge in [0.15, 0.2) is 0 Å². The van der Waals surface area contributed by atoms with Gasteiger partial charge in [-0.25, -0.2) is 4.98 Å². The lowest BCUT2D eigenvalue weighted by molar-refractivity contribution is 0.397. The largest absolute Gasteiger partial charge is 0.506 e. The van der Waals surface area contributed by atoms with Crippen molar-refractivity contribution < 1.29 is 14.6 Å². The van der Waals surface area contributed by atoms with E-state index in [9.17, 15) is 9.90 Å². The maximum absolute atomic E-state index is 12.8. The molecule has 0 unspecified atom stereocenters. The third-order valence-corrected chi connectivity index (χ3v) is 3.77. The van der Waals surface area contributed by atoms with Crippen LogP contribution in [-0.4, -0.2) is 28.9 Å². The zero-order valence-electron chi connectivity index (χ0n) is 12.4. The number of rotatable bonds is 3. The van der Waals surface area contributed by atoms with Gasteiger partial charge in [-0.05, 0) is 18.2 Å². The summed E-state index contributed by atoms with van der Waals surface area (Å²) in [7, 11) is 3.00. The molecule has 0 saturated carbocycles. The minimum Gasteiger partial charge on any atom is -0.506 e. The fourth-order valence-electron chi connectivity index (χ4n) is 2.29. The van der Waals surface area contributed by atoms with Crippen molar-refractivity contribution in [3.05, 3.63) is 52.0 Å². The first-order valence-electron chi connectivity index (χ1n) is 6.67. The molecular weight excluding hydrogens is 320 g/mol. The molecule has 6 nitrogen and oxygen atoms in total. The van der Waals surface area contributed by atoms with Crippen LogP contribution in [0.15, 0.2) is 41.5 Å². The topological polar surface area (TPSA) is 73.6 Å². The summed E-state index contributed by atoms with van der Waals surface area (Å²) in [4.78, 5) is 17.1. The van der Waals surface area contributed by atoms with E-state index in [4.69, 9.17) is 21.1 Å². The molecule has 0 saturated heterocycles. The van der Waals surface area contributed by atoms with Gasteiger partial charge in [0.25, 0.3) is 5.56 Å². The Kier molecular flexibility index (Phi) is 3.83. The summed E-state index contributed by atoms with van der Waals surface area (Å²) < 4.78 is 11.8. The van der Waals surface area contributed by atoms with E-state index in [0.29, 0.717) is 28.1 Å². The van der Waals surface area contributed by atoms with Gasteiger partial charge in [-0.15, -0.1) is 0 Å². The number of ether oxygens (including phenoxy) is 2. The molecule has 3 aromatic rings. The van der Waals surface area contributed by atoms with Crippen LogP contribution in [0.5, 0.6) is 17.2 Å². The third kappa shape index (κ3) is 2.57. The number of phenols is 1. The molecule has 23 heavy (non-hydrogen) atoms. The molecule has 0 bridgehead atoms. The Bertz CT molecular complexity index is 953. The lowest BCUT2D eigenvalue weighted by Crippen LogP contribution is -2.19. The van der Waals surface area contributed by atoms with Crippen LogP contribution in [0.1, 0.15) is 0 Å². The van der Waals surface area contributed by atoms with Gasteiger partial charge in [-0.3, -0.25) is 9.36 Å². The standard InChI is InChI=1S/C16H13ClN2O4/c1-22-10-6-12-15(14(7-10)23-2)16(21)19(8-18-12)9-3-4-13(20)11(17)5-9/h3-8,20H,1-2H3. The maximum atomic E-state index is 12.8. The fraction of sp³-hybridized carbons (Fsp3) is 0.125. The second kappa shape index (κ2) is 5.81. The molecule has 0 aliphatic heterocycles. The van der Waals surface area contributed by atoms with E-state index in [0.717, 1.165) is 0 Å². The summed E-state index contributed by atoms with van der Waals surface area (Å²) >= 11 is 5.91. The maximum Gasteiger partial charge on any atom is 0.269 e. The first-order valence-corrected chi connectivity index (χ1v) is 7.05. The number of nitrogens with zero attached hydrogens (tertiary/aromatic N) is 2. The van der Waals surface area contributed by atoms with Crippen LogP contribution < -0.4 is 15.0 Å². The van der Waals surface area contributed by atoms with Gasteiger partial charge in [0, 0.05) is 12.1 Å². The van der Waals surface area contributed by atoms with E-state index in [-0.39, 0.29) is 16.3 Å². The molecule has 0 fully saturated rings. The fourth-order valence-corrected chi connectivity index (χ4v) is 2.47. The number of methoxy groups -OCH3 is 2. The Labute approximate surface area is 136 Å². The van der Waals surface area contributed by atoms with E-state index < -0.39 is 0 Å². The van der Waals surface area contributed by atoms with Gasteiger partial charge in [0.1, 0.15) is 29.0 Å². The first kappa shape index (κ1) is 15.2. The van der Waals surface area contributed by atoms with E-state index >= 15 is 0 Å². The van der Waals surface area contributed by atoms with Gasteiger partial charge in [-0.1, -0.05) is 11.6 Å². The Morgan fingerprint density at radius 1 is 1.17 bits per heavy atom. The van der Waals surface area contributed by atoms with Crippen LogP contribution >= 0.6 is 11.6 Å². The number of halogens is 1. The van der Waals surface area contributed by atoms with Gasteiger partial charge in [0.2, 0.25) is 0 Å². The van der Waals surface area contributed by atoms with Crippen molar-refractivity contribution in [1.29, 1.82) is 0 Å². The Morgan fingerprint density at radius 3 is 2.61 bits per heavy atom. The number of hydrogen-bond donors (Lipinski definition) is 1. The second-order valence-corrected chi connectivity index (χ2v) is 5.19. The average Bonchev–Trinajstić information content (AvgIpc) is 2.56. The van der Waals surface area contributed by atoms with E-state index in [1.165, 1.54) is 37.2 Å². The summed E-state index contributed by atoms with van der Waals surface area (Å²) in [5, 5.41) is 9.99. The third-order valence-electron chi connectivity index (χ3n) is 3.46. The van der Waals surface area contributed by atoms with Crippen LogP contribution in [-0.2, 0) is 0 Å². The predicted molar refractivity (Wildman–Crippen MR) is 87.1 cm³/mol. The van der Waals surface area contributed by atoms with E-state index in [1.807, 2.05) is 0 Å². The summed E-state index contributed by atoms with van der Waals surface area (Å²) in [6.45, 7) is 0. The summed E-state index contributed by atoms with van der Waals surface area (Å²) in [5.41, 5.74) is 0.647. The highest BCUT2D eigenvalue weighted by atomic mass is 35.5. The van der Waals surface area contributed by atoms with Gasteiger partial charge >= 0.3 is 0 Å². The molecule has 0 atom stereocenters. The minimum absolute atomic E-state index is 0.0560. The molecule has 118 valence electrons. The van der Waals surface area contributed by atoms with Crippen LogP contribution in [0.4, 0.5) is 0 Å². The van der Waals surface area contributed by atoms with E-state index in [2.05, 4.69) is 4.98 Å². The average molecular weight is 333 g/mol. The first-order chi connectivity index (χ1) is 11.0. The molecule has 3 rings (SSSR count). The summed E-state index contributed by atoms with van der Waals surface area (Å²) in [6.07, 6.45) is 1.40. The molecule has 1 N–H and O–H groups in total. The Morgan fingerprint density at radius 2 is 1.96 bits per heavy atom. The van der Waals surface area contributed by atoms with Crippen LogP contribution in [0.2, 0.25) is 5.02 Å². The van der Waals surface area contributed by atoms with Gasteiger partial charge in [0.05, 0.1) is 30.4 Å². The molecule has 0 amide bonds. The van der Waals surface area contributed by atoms with Crippen molar-refractivity contribution >= 4 is 22.5 Å². The number of benzene rings is 2. The molecular formula is C16H13ClN2O4. The van der Waals surface area contributed by atoms with Crippen molar-refractivity contribution in [2.75, 3.05) is 14.2 Å². The second-order valence-electron chi connectivity index (χ2n) is 4.78. The van der Waals surface area contributed by atoms with Gasteiger partial charge < -0.3 is 14.6 Å². The number of aromatic nitrogens is 2.